The molecule has 0 aliphatic heterocycles. The van der Waals surface area contributed by atoms with Gasteiger partial charge in [0.1, 0.15) is 5.82 Å². The zero-order valence-electron chi connectivity index (χ0n) is 5.99. The molecule has 0 fully saturated rings. The van der Waals surface area contributed by atoms with E-state index in [1.165, 1.54) is 0 Å². The standard InChI is InChI=1S/C6H3BrClF3N2/c7-4-3(6(9,10)11)2(8)1-13-5(4)12/h1H,(H2,12,13). The van der Waals surface area contributed by atoms with Crippen LogP contribution in [0.1, 0.15) is 5.56 Å². The lowest BCUT2D eigenvalue weighted by atomic mass is 10.2. The van der Waals surface area contributed by atoms with Crippen LogP contribution in [0.15, 0.2) is 10.7 Å². The summed E-state index contributed by atoms with van der Waals surface area (Å²) < 4.78 is 36.5. The zero-order valence-corrected chi connectivity index (χ0v) is 8.33. The lowest BCUT2D eigenvalue weighted by Crippen LogP contribution is -2.09. The van der Waals surface area contributed by atoms with Crippen molar-refractivity contribution >= 4 is 33.3 Å². The van der Waals surface area contributed by atoms with Crippen molar-refractivity contribution in [3.63, 3.8) is 0 Å². The molecule has 2 nitrogen and oxygen atoms in total. The van der Waals surface area contributed by atoms with Gasteiger partial charge in [-0.05, 0) is 15.9 Å². The second kappa shape index (κ2) is 3.34. The first-order chi connectivity index (χ1) is 5.84. The maximum absolute atomic E-state index is 12.3. The van der Waals surface area contributed by atoms with Crippen LogP contribution >= 0.6 is 27.5 Å². The summed E-state index contributed by atoms with van der Waals surface area (Å²) >= 11 is 7.99. The molecule has 0 bridgehead atoms. The fourth-order valence-corrected chi connectivity index (χ4v) is 1.65. The normalized spacial score (nSPS) is 11.8. The Hall–Kier alpha value is -0.490. The topological polar surface area (TPSA) is 38.9 Å². The quantitative estimate of drug-likeness (QED) is 0.790. The molecule has 2 N–H and O–H groups in total. The van der Waals surface area contributed by atoms with E-state index in [9.17, 15) is 13.2 Å². The van der Waals surface area contributed by atoms with Crippen molar-refractivity contribution in [1.82, 2.24) is 4.98 Å². The molecule has 72 valence electrons. The Balaban J connectivity index is 3.43. The van der Waals surface area contributed by atoms with Crippen LogP contribution < -0.4 is 5.73 Å². The monoisotopic (exact) mass is 274 g/mol. The number of nitrogens with zero attached hydrogens (tertiary/aromatic N) is 1. The Bertz CT molecular complexity index is 339. The Morgan fingerprint density at radius 2 is 2.00 bits per heavy atom. The molecular weight excluding hydrogens is 272 g/mol. The molecule has 0 atom stereocenters. The smallest absolute Gasteiger partial charge is 0.383 e. The molecule has 0 radical (unpaired) electrons. The van der Waals surface area contributed by atoms with Crippen LogP contribution in [0.5, 0.6) is 0 Å². The molecule has 7 heteroatoms. The number of rotatable bonds is 0. The molecule has 1 aromatic rings. The number of hydrogen-bond donors (Lipinski definition) is 1. The molecule has 0 saturated carbocycles. The summed E-state index contributed by atoms with van der Waals surface area (Å²) in [5.74, 6) is -0.239. The third-order valence-corrected chi connectivity index (χ3v) is 2.37. The van der Waals surface area contributed by atoms with Gasteiger partial charge in [-0.3, -0.25) is 0 Å². The van der Waals surface area contributed by atoms with Crippen molar-refractivity contribution in [3.05, 3.63) is 21.3 Å². The van der Waals surface area contributed by atoms with E-state index in [0.717, 1.165) is 6.20 Å². The molecule has 0 aliphatic carbocycles. The summed E-state index contributed by atoms with van der Waals surface area (Å²) in [5, 5.41) is -0.478. The highest BCUT2D eigenvalue weighted by Gasteiger charge is 2.36. The van der Waals surface area contributed by atoms with Crippen molar-refractivity contribution in [2.45, 2.75) is 6.18 Å². The molecule has 1 rings (SSSR count). The van der Waals surface area contributed by atoms with E-state index in [-0.39, 0.29) is 10.3 Å². The number of nitrogens with two attached hydrogens (primary N) is 1. The van der Waals surface area contributed by atoms with E-state index < -0.39 is 16.8 Å². The van der Waals surface area contributed by atoms with Gasteiger partial charge >= 0.3 is 6.18 Å². The van der Waals surface area contributed by atoms with Gasteiger partial charge < -0.3 is 5.73 Å². The Morgan fingerprint density at radius 1 is 1.46 bits per heavy atom. The second-order valence-corrected chi connectivity index (χ2v) is 3.38. The van der Waals surface area contributed by atoms with Gasteiger partial charge in [-0.25, -0.2) is 4.98 Å². The van der Waals surface area contributed by atoms with Crippen molar-refractivity contribution in [2.75, 3.05) is 5.73 Å². The Morgan fingerprint density at radius 3 is 2.38 bits per heavy atom. The van der Waals surface area contributed by atoms with Crippen LogP contribution in [0.25, 0.3) is 0 Å². The molecule has 0 aromatic carbocycles. The predicted octanol–water partition coefficient (Wildman–Crippen LogP) is 3.10. The third-order valence-electron chi connectivity index (χ3n) is 1.28. The van der Waals surface area contributed by atoms with Gasteiger partial charge in [0.25, 0.3) is 0 Å². The van der Waals surface area contributed by atoms with Gasteiger partial charge in [0, 0.05) is 6.20 Å². The van der Waals surface area contributed by atoms with Crippen LogP contribution in [-0.4, -0.2) is 4.98 Å². The fourth-order valence-electron chi connectivity index (χ4n) is 0.740. The largest absolute Gasteiger partial charge is 0.419 e. The molecule has 0 amide bonds. The molecule has 0 saturated heterocycles. The number of aromatic nitrogens is 1. The maximum Gasteiger partial charge on any atom is 0.419 e. The number of hydrogen-bond acceptors (Lipinski definition) is 2. The minimum absolute atomic E-state index is 0.239. The van der Waals surface area contributed by atoms with E-state index >= 15 is 0 Å². The summed E-state index contributed by atoms with van der Waals surface area (Å²) in [7, 11) is 0. The Labute approximate surface area is 85.0 Å². The van der Waals surface area contributed by atoms with Crippen molar-refractivity contribution in [2.24, 2.45) is 0 Å². The van der Waals surface area contributed by atoms with E-state index in [1.54, 1.807) is 0 Å². The first-order valence-electron chi connectivity index (χ1n) is 3.00. The number of alkyl halides is 3. The van der Waals surface area contributed by atoms with Crippen LogP contribution in [0.4, 0.5) is 19.0 Å². The first kappa shape index (κ1) is 10.6. The summed E-state index contributed by atoms with van der Waals surface area (Å²) in [6.07, 6.45) is -3.67. The first-order valence-corrected chi connectivity index (χ1v) is 4.18. The van der Waals surface area contributed by atoms with E-state index in [2.05, 4.69) is 20.9 Å². The number of halogens is 5. The lowest BCUT2D eigenvalue weighted by molar-refractivity contribution is -0.138. The summed E-state index contributed by atoms with van der Waals surface area (Å²) in [5.41, 5.74) is 4.17. The molecule has 0 unspecified atom stereocenters. The van der Waals surface area contributed by atoms with Crippen LogP contribution in [-0.2, 0) is 6.18 Å². The molecule has 0 spiro atoms. The molecule has 0 aliphatic rings. The van der Waals surface area contributed by atoms with Gasteiger partial charge in [0.05, 0.1) is 15.1 Å². The molecule has 13 heavy (non-hydrogen) atoms. The van der Waals surface area contributed by atoms with Gasteiger partial charge in [0.2, 0.25) is 0 Å². The SMILES string of the molecule is Nc1ncc(Cl)c(C(F)(F)F)c1Br. The lowest BCUT2D eigenvalue weighted by Gasteiger charge is -2.11. The van der Waals surface area contributed by atoms with Gasteiger partial charge in [-0.1, -0.05) is 11.6 Å². The highest BCUT2D eigenvalue weighted by atomic mass is 79.9. The minimum atomic E-state index is -4.53. The second-order valence-electron chi connectivity index (χ2n) is 2.18. The van der Waals surface area contributed by atoms with Crippen molar-refractivity contribution in [3.8, 4) is 0 Å². The predicted molar refractivity (Wildman–Crippen MR) is 46.4 cm³/mol. The maximum atomic E-state index is 12.3. The summed E-state index contributed by atoms with van der Waals surface area (Å²) in [4.78, 5) is 3.45. The van der Waals surface area contributed by atoms with Gasteiger partial charge in [-0.15, -0.1) is 0 Å². The molecule has 1 heterocycles. The van der Waals surface area contributed by atoms with Crippen LogP contribution in [0.3, 0.4) is 0 Å². The van der Waals surface area contributed by atoms with Gasteiger partial charge in [-0.2, -0.15) is 13.2 Å². The third kappa shape index (κ3) is 2.05. The molecular formula is C6H3BrClF3N2. The zero-order chi connectivity index (χ0) is 10.2. The highest BCUT2D eigenvalue weighted by molar-refractivity contribution is 9.10. The van der Waals surface area contributed by atoms with Crippen molar-refractivity contribution in [1.29, 1.82) is 0 Å². The summed E-state index contributed by atoms with van der Waals surface area (Å²) in [6, 6.07) is 0. The number of pyridine rings is 1. The number of anilines is 1. The Kier molecular flexibility index (Phi) is 2.72. The minimum Gasteiger partial charge on any atom is -0.383 e. The average Bonchev–Trinajstić information content (AvgIpc) is 1.95. The van der Waals surface area contributed by atoms with Crippen molar-refractivity contribution < 1.29 is 13.2 Å². The number of nitrogen functional groups attached to an aromatic ring is 1. The fraction of sp³-hybridized carbons (Fsp3) is 0.167. The molecule has 1 aromatic heterocycles. The average molecular weight is 275 g/mol. The van der Waals surface area contributed by atoms with Crippen LogP contribution in [0.2, 0.25) is 5.02 Å². The van der Waals surface area contributed by atoms with Crippen LogP contribution in [0, 0.1) is 0 Å². The summed E-state index contributed by atoms with van der Waals surface area (Å²) in [6.45, 7) is 0. The van der Waals surface area contributed by atoms with E-state index in [1.807, 2.05) is 0 Å². The van der Waals surface area contributed by atoms with E-state index in [4.69, 9.17) is 17.3 Å². The van der Waals surface area contributed by atoms with Gasteiger partial charge in [0.15, 0.2) is 0 Å². The van der Waals surface area contributed by atoms with E-state index in [0.29, 0.717) is 0 Å². The highest BCUT2D eigenvalue weighted by Crippen LogP contribution is 2.40.